The molecule has 21 heavy (non-hydrogen) atoms. The van der Waals surface area contributed by atoms with Gasteiger partial charge in [-0.15, -0.1) is 0 Å². The van der Waals surface area contributed by atoms with Crippen LogP contribution in [0.15, 0.2) is 46.9 Å². The van der Waals surface area contributed by atoms with Crippen molar-refractivity contribution >= 4 is 21.6 Å². The molecule has 2 nitrogen and oxygen atoms in total. The fourth-order valence-corrected chi connectivity index (χ4v) is 2.66. The van der Waals surface area contributed by atoms with Crippen LogP contribution in [0.5, 0.6) is 0 Å². The fraction of sp³-hybridized carbons (Fsp3) is 0.294. The van der Waals surface area contributed by atoms with Crippen molar-refractivity contribution in [1.82, 2.24) is 4.90 Å². The zero-order valence-corrected chi connectivity index (χ0v) is 13.9. The molecule has 2 rings (SSSR count). The normalized spacial score (nSPS) is 11.3. The van der Waals surface area contributed by atoms with Gasteiger partial charge in [-0.25, -0.2) is 4.39 Å². The maximum absolute atomic E-state index is 13.2. The lowest BCUT2D eigenvalue weighted by atomic mass is 10.1. The molecule has 0 heterocycles. The summed E-state index contributed by atoms with van der Waals surface area (Å²) in [7, 11) is 0. The molecular formula is C17H20BrFN2. The Labute approximate surface area is 133 Å². The highest BCUT2D eigenvalue weighted by Gasteiger charge is 2.14. The van der Waals surface area contributed by atoms with E-state index in [2.05, 4.69) is 34.7 Å². The third-order valence-electron chi connectivity index (χ3n) is 3.55. The molecule has 0 unspecified atom stereocenters. The highest BCUT2D eigenvalue weighted by atomic mass is 79.9. The molecule has 2 aromatic carbocycles. The SMILES string of the molecule is CC(C)N(Cc1ccccc1N)Cc1ccc(F)cc1Br. The first-order valence-electron chi connectivity index (χ1n) is 6.98. The summed E-state index contributed by atoms with van der Waals surface area (Å²) in [5.41, 5.74) is 9.02. The van der Waals surface area contributed by atoms with Crippen LogP contribution in [0, 0.1) is 5.82 Å². The Morgan fingerprint density at radius 3 is 2.38 bits per heavy atom. The standard InChI is InChI=1S/C17H20BrFN2/c1-12(2)21(11-14-5-3-4-6-17(14)20)10-13-7-8-15(19)9-16(13)18/h3-9,12H,10-11,20H2,1-2H3. The van der Waals surface area contributed by atoms with Crippen LogP contribution < -0.4 is 5.73 Å². The van der Waals surface area contributed by atoms with Gasteiger partial charge in [-0.1, -0.05) is 40.2 Å². The predicted molar refractivity (Wildman–Crippen MR) is 89.3 cm³/mol. The first-order chi connectivity index (χ1) is 9.97. The van der Waals surface area contributed by atoms with Gasteiger partial charge in [0.05, 0.1) is 0 Å². The Morgan fingerprint density at radius 2 is 1.76 bits per heavy atom. The van der Waals surface area contributed by atoms with Crippen molar-refractivity contribution < 1.29 is 4.39 Å². The monoisotopic (exact) mass is 350 g/mol. The average molecular weight is 351 g/mol. The van der Waals surface area contributed by atoms with Crippen LogP contribution in [-0.2, 0) is 13.1 Å². The molecule has 0 aliphatic rings. The van der Waals surface area contributed by atoms with Gasteiger partial charge in [0.2, 0.25) is 0 Å². The molecule has 0 saturated heterocycles. The van der Waals surface area contributed by atoms with Crippen molar-refractivity contribution in [2.45, 2.75) is 33.0 Å². The van der Waals surface area contributed by atoms with E-state index in [1.807, 2.05) is 30.3 Å². The van der Waals surface area contributed by atoms with E-state index in [4.69, 9.17) is 5.73 Å². The van der Waals surface area contributed by atoms with E-state index >= 15 is 0 Å². The number of nitrogen functional groups attached to an aromatic ring is 1. The Kier molecular flexibility index (Phi) is 5.37. The van der Waals surface area contributed by atoms with Gasteiger partial charge in [0.15, 0.2) is 0 Å². The molecule has 0 atom stereocenters. The van der Waals surface area contributed by atoms with Crippen LogP contribution in [0.25, 0.3) is 0 Å². The lowest BCUT2D eigenvalue weighted by molar-refractivity contribution is 0.203. The molecule has 0 aliphatic heterocycles. The first kappa shape index (κ1) is 16.0. The molecule has 0 fully saturated rings. The highest BCUT2D eigenvalue weighted by Crippen LogP contribution is 2.23. The number of hydrogen-bond donors (Lipinski definition) is 1. The molecule has 112 valence electrons. The van der Waals surface area contributed by atoms with Crippen molar-refractivity contribution in [3.05, 3.63) is 63.9 Å². The number of benzene rings is 2. The van der Waals surface area contributed by atoms with Gasteiger partial charge in [-0.3, -0.25) is 4.90 Å². The number of hydrogen-bond acceptors (Lipinski definition) is 2. The average Bonchev–Trinajstić information content (AvgIpc) is 2.42. The molecule has 0 bridgehead atoms. The smallest absolute Gasteiger partial charge is 0.124 e. The van der Waals surface area contributed by atoms with Crippen molar-refractivity contribution in [2.75, 3.05) is 5.73 Å². The molecule has 2 N–H and O–H groups in total. The van der Waals surface area contributed by atoms with E-state index in [0.717, 1.165) is 34.4 Å². The molecule has 2 aromatic rings. The van der Waals surface area contributed by atoms with E-state index in [0.29, 0.717) is 6.04 Å². The summed E-state index contributed by atoms with van der Waals surface area (Å²) in [4.78, 5) is 2.31. The maximum Gasteiger partial charge on any atom is 0.124 e. The number of anilines is 1. The lowest BCUT2D eigenvalue weighted by Crippen LogP contribution is -2.30. The molecule has 0 saturated carbocycles. The van der Waals surface area contributed by atoms with E-state index in [1.165, 1.54) is 12.1 Å². The second-order valence-corrected chi connectivity index (χ2v) is 6.29. The molecule has 0 aromatic heterocycles. The van der Waals surface area contributed by atoms with Crippen molar-refractivity contribution in [1.29, 1.82) is 0 Å². The van der Waals surface area contributed by atoms with Crippen LogP contribution in [-0.4, -0.2) is 10.9 Å². The van der Waals surface area contributed by atoms with Crippen molar-refractivity contribution in [2.24, 2.45) is 0 Å². The van der Waals surface area contributed by atoms with Gasteiger partial charge in [-0.05, 0) is 43.2 Å². The van der Waals surface area contributed by atoms with Gasteiger partial charge in [0, 0.05) is 29.3 Å². The number of rotatable bonds is 5. The molecule has 4 heteroatoms. The molecule has 0 radical (unpaired) electrons. The number of halogens is 2. The Balaban J connectivity index is 2.18. The zero-order valence-electron chi connectivity index (χ0n) is 12.3. The van der Waals surface area contributed by atoms with Gasteiger partial charge >= 0.3 is 0 Å². The second kappa shape index (κ2) is 7.05. The van der Waals surface area contributed by atoms with Crippen LogP contribution in [0.3, 0.4) is 0 Å². The van der Waals surface area contributed by atoms with E-state index in [1.54, 1.807) is 0 Å². The first-order valence-corrected chi connectivity index (χ1v) is 7.78. The summed E-state index contributed by atoms with van der Waals surface area (Å²) in [5.74, 6) is -0.228. The summed E-state index contributed by atoms with van der Waals surface area (Å²) in [6.45, 7) is 5.81. The van der Waals surface area contributed by atoms with E-state index < -0.39 is 0 Å². The van der Waals surface area contributed by atoms with Crippen LogP contribution in [0.4, 0.5) is 10.1 Å². The molecule has 0 spiro atoms. The maximum atomic E-state index is 13.2. The zero-order chi connectivity index (χ0) is 15.4. The van der Waals surface area contributed by atoms with Crippen LogP contribution in [0.2, 0.25) is 0 Å². The Bertz CT molecular complexity index is 613. The molecule has 0 aliphatic carbocycles. The molecular weight excluding hydrogens is 331 g/mol. The topological polar surface area (TPSA) is 29.3 Å². The number of nitrogens with two attached hydrogens (primary N) is 1. The minimum Gasteiger partial charge on any atom is -0.398 e. The Hall–Kier alpha value is -1.39. The van der Waals surface area contributed by atoms with Gasteiger partial charge in [0.25, 0.3) is 0 Å². The van der Waals surface area contributed by atoms with Crippen LogP contribution in [0.1, 0.15) is 25.0 Å². The Morgan fingerprint density at radius 1 is 1.10 bits per heavy atom. The van der Waals surface area contributed by atoms with Crippen molar-refractivity contribution in [3.63, 3.8) is 0 Å². The van der Waals surface area contributed by atoms with E-state index in [-0.39, 0.29) is 5.82 Å². The minimum atomic E-state index is -0.228. The second-order valence-electron chi connectivity index (χ2n) is 5.43. The summed E-state index contributed by atoms with van der Waals surface area (Å²) < 4.78 is 14.0. The van der Waals surface area contributed by atoms with Gasteiger partial charge < -0.3 is 5.73 Å². The summed E-state index contributed by atoms with van der Waals surface area (Å²) in [5, 5.41) is 0. The number of para-hydroxylation sites is 1. The third kappa shape index (κ3) is 4.29. The van der Waals surface area contributed by atoms with E-state index in [9.17, 15) is 4.39 Å². The fourth-order valence-electron chi connectivity index (χ4n) is 2.19. The summed E-state index contributed by atoms with van der Waals surface area (Å²) in [6.07, 6.45) is 0. The number of nitrogens with zero attached hydrogens (tertiary/aromatic N) is 1. The third-order valence-corrected chi connectivity index (χ3v) is 4.29. The summed E-state index contributed by atoms with van der Waals surface area (Å²) in [6, 6.07) is 13.1. The predicted octanol–water partition coefficient (Wildman–Crippen LogP) is 4.58. The highest BCUT2D eigenvalue weighted by molar-refractivity contribution is 9.10. The van der Waals surface area contributed by atoms with Gasteiger partial charge in [0.1, 0.15) is 5.82 Å². The largest absolute Gasteiger partial charge is 0.398 e. The summed E-state index contributed by atoms with van der Waals surface area (Å²) >= 11 is 3.43. The van der Waals surface area contributed by atoms with Crippen molar-refractivity contribution in [3.8, 4) is 0 Å². The lowest BCUT2D eigenvalue weighted by Gasteiger charge is -2.27. The molecule has 0 amide bonds. The van der Waals surface area contributed by atoms with Crippen LogP contribution >= 0.6 is 15.9 Å². The minimum absolute atomic E-state index is 0.228. The van der Waals surface area contributed by atoms with Gasteiger partial charge in [-0.2, -0.15) is 0 Å². The quantitative estimate of drug-likeness (QED) is 0.799.